The Balaban J connectivity index is 1.81. The smallest absolute Gasteiger partial charge is 0.258 e. The second-order valence-corrected chi connectivity index (χ2v) is 6.84. The summed E-state index contributed by atoms with van der Waals surface area (Å²) in [5.74, 6) is 0.757. The van der Waals surface area contributed by atoms with Crippen LogP contribution in [-0.2, 0) is 16.6 Å². The van der Waals surface area contributed by atoms with E-state index < -0.39 is 10.0 Å². The predicted octanol–water partition coefficient (Wildman–Crippen LogP) is 1.37. The van der Waals surface area contributed by atoms with Crippen LogP contribution in [0.3, 0.4) is 0 Å². The van der Waals surface area contributed by atoms with E-state index in [2.05, 4.69) is 4.99 Å². The third kappa shape index (κ3) is 2.87. The minimum Gasteiger partial charge on any atom is -0.497 e. The van der Waals surface area contributed by atoms with Gasteiger partial charge in [0.2, 0.25) is 0 Å². The Bertz CT molecular complexity index is 680. The van der Waals surface area contributed by atoms with Crippen LogP contribution in [0.1, 0.15) is 12.0 Å². The summed E-state index contributed by atoms with van der Waals surface area (Å²) in [6.45, 7) is 1.19. The number of hydrogen-bond acceptors (Lipinski definition) is 5. The number of hydrogen-bond donors (Lipinski definition) is 0. The molecule has 2 heterocycles. The maximum absolute atomic E-state index is 12.2. The molecule has 0 amide bonds. The minimum absolute atomic E-state index is 0.0332. The van der Waals surface area contributed by atoms with Gasteiger partial charge in [-0.25, -0.2) is 12.7 Å². The SMILES string of the molecule is COc1ccc(CN2C=C3CCN=CN3S(=O)(=O)C2)cc1. The van der Waals surface area contributed by atoms with Gasteiger partial charge in [0.15, 0.2) is 0 Å². The monoisotopic (exact) mass is 307 g/mol. The molecule has 112 valence electrons. The summed E-state index contributed by atoms with van der Waals surface area (Å²) in [6, 6.07) is 7.64. The Labute approximate surface area is 124 Å². The van der Waals surface area contributed by atoms with Gasteiger partial charge in [0, 0.05) is 25.7 Å². The fourth-order valence-electron chi connectivity index (χ4n) is 2.44. The lowest BCUT2D eigenvalue weighted by Crippen LogP contribution is -2.43. The highest BCUT2D eigenvalue weighted by molar-refractivity contribution is 7.89. The molecule has 0 aromatic heterocycles. The van der Waals surface area contributed by atoms with Gasteiger partial charge in [-0.1, -0.05) is 12.1 Å². The molecule has 2 aliphatic heterocycles. The number of methoxy groups -OCH3 is 1. The van der Waals surface area contributed by atoms with Crippen molar-refractivity contribution in [3.63, 3.8) is 0 Å². The number of fused-ring (bicyclic) bond motifs is 1. The van der Waals surface area contributed by atoms with E-state index in [-0.39, 0.29) is 5.88 Å². The highest BCUT2D eigenvalue weighted by atomic mass is 32.2. The minimum atomic E-state index is -3.35. The normalized spacial score (nSPS) is 20.0. The van der Waals surface area contributed by atoms with Crippen LogP contribution in [0.5, 0.6) is 5.75 Å². The zero-order valence-corrected chi connectivity index (χ0v) is 12.6. The Hall–Kier alpha value is -2.02. The van der Waals surface area contributed by atoms with E-state index in [1.165, 1.54) is 10.6 Å². The molecule has 0 fully saturated rings. The topological polar surface area (TPSA) is 62.2 Å². The highest BCUT2D eigenvalue weighted by Gasteiger charge is 2.31. The lowest BCUT2D eigenvalue weighted by Gasteiger charge is -2.34. The fraction of sp³-hybridized carbons (Fsp3) is 0.357. The summed E-state index contributed by atoms with van der Waals surface area (Å²) < 4.78 is 30.9. The number of sulfonamides is 1. The maximum Gasteiger partial charge on any atom is 0.258 e. The van der Waals surface area contributed by atoms with E-state index in [0.29, 0.717) is 19.5 Å². The molecule has 3 rings (SSSR count). The van der Waals surface area contributed by atoms with Crippen LogP contribution in [0.15, 0.2) is 41.2 Å². The number of aliphatic imine (C=N–C) groups is 1. The molecule has 2 aliphatic rings. The Kier molecular flexibility index (Phi) is 3.59. The summed E-state index contributed by atoms with van der Waals surface area (Å²) in [7, 11) is -1.73. The first-order chi connectivity index (χ1) is 10.1. The van der Waals surface area contributed by atoms with Gasteiger partial charge in [0.25, 0.3) is 10.0 Å². The van der Waals surface area contributed by atoms with Crippen molar-refractivity contribution in [2.75, 3.05) is 19.5 Å². The van der Waals surface area contributed by atoms with E-state index in [1.807, 2.05) is 35.4 Å². The number of ether oxygens (including phenoxy) is 1. The fourth-order valence-corrected chi connectivity index (χ4v) is 3.86. The first-order valence-electron chi connectivity index (χ1n) is 6.68. The number of benzene rings is 1. The van der Waals surface area contributed by atoms with Gasteiger partial charge in [-0.2, -0.15) is 0 Å². The zero-order chi connectivity index (χ0) is 14.9. The van der Waals surface area contributed by atoms with Crippen molar-refractivity contribution in [2.45, 2.75) is 13.0 Å². The Morgan fingerprint density at radius 2 is 2.05 bits per heavy atom. The second kappa shape index (κ2) is 5.40. The zero-order valence-electron chi connectivity index (χ0n) is 11.8. The van der Waals surface area contributed by atoms with Crippen LogP contribution in [0.25, 0.3) is 0 Å². The van der Waals surface area contributed by atoms with Crippen LogP contribution < -0.4 is 4.74 Å². The van der Waals surface area contributed by atoms with Gasteiger partial charge >= 0.3 is 0 Å². The molecule has 1 aromatic carbocycles. The summed E-state index contributed by atoms with van der Waals surface area (Å²) in [6.07, 6.45) is 3.97. The average molecular weight is 307 g/mol. The van der Waals surface area contributed by atoms with Crippen LogP contribution >= 0.6 is 0 Å². The first kappa shape index (κ1) is 13.9. The first-order valence-corrected chi connectivity index (χ1v) is 8.29. The van der Waals surface area contributed by atoms with Crippen LogP contribution in [0.4, 0.5) is 0 Å². The van der Waals surface area contributed by atoms with E-state index in [1.54, 1.807) is 7.11 Å². The lowest BCUT2D eigenvalue weighted by molar-refractivity contribution is 0.379. The molecule has 0 saturated heterocycles. The van der Waals surface area contributed by atoms with Gasteiger partial charge in [-0.15, -0.1) is 0 Å². The van der Waals surface area contributed by atoms with E-state index in [0.717, 1.165) is 17.0 Å². The quantitative estimate of drug-likeness (QED) is 0.846. The van der Waals surface area contributed by atoms with Crippen LogP contribution in [0.2, 0.25) is 0 Å². The Morgan fingerprint density at radius 1 is 1.29 bits per heavy atom. The standard InChI is InChI=1S/C14H17N3O3S/c1-20-14-4-2-12(3-5-14)8-16-9-13-6-7-15-10-17(13)21(18,19)11-16/h2-5,9-10H,6-8,11H2,1H3. The van der Waals surface area contributed by atoms with Crippen molar-refractivity contribution in [2.24, 2.45) is 4.99 Å². The molecular weight excluding hydrogens is 290 g/mol. The molecule has 7 heteroatoms. The summed E-state index contributed by atoms with van der Waals surface area (Å²) in [4.78, 5) is 5.86. The molecule has 0 unspecified atom stereocenters. The maximum atomic E-state index is 12.2. The van der Waals surface area contributed by atoms with Gasteiger partial charge in [0.1, 0.15) is 18.0 Å². The van der Waals surface area contributed by atoms with Crippen LogP contribution in [-0.4, -0.2) is 43.5 Å². The van der Waals surface area contributed by atoms with Gasteiger partial charge in [-0.05, 0) is 17.7 Å². The predicted molar refractivity (Wildman–Crippen MR) is 80.2 cm³/mol. The lowest BCUT2D eigenvalue weighted by atomic mass is 10.2. The summed E-state index contributed by atoms with van der Waals surface area (Å²) >= 11 is 0. The van der Waals surface area contributed by atoms with E-state index in [4.69, 9.17) is 4.74 Å². The van der Waals surface area contributed by atoms with Crippen molar-refractivity contribution >= 4 is 16.4 Å². The molecule has 0 atom stereocenters. The molecule has 6 nitrogen and oxygen atoms in total. The number of nitrogens with zero attached hydrogens (tertiary/aromatic N) is 3. The van der Waals surface area contributed by atoms with Crippen molar-refractivity contribution in [1.29, 1.82) is 0 Å². The molecule has 0 bridgehead atoms. The number of rotatable bonds is 3. The highest BCUT2D eigenvalue weighted by Crippen LogP contribution is 2.24. The third-order valence-electron chi connectivity index (χ3n) is 3.47. The molecule has 0 radical (unpaired) electrons. The van der Waals surface area contributed by atoms with Gasteiger partial charge in [0.05, 0.1) is 12.8 Å². The summed E-state index contributed by atoms with van der Waals surface area (Å²) in [5, 5.41) is 0. The van der Waals surface area contributed by atoms with Crippen molar-refractivity contribution in [1.82, 2.24) is 9.21 Å². The second-order valence-electron chi connectivity index (χ2n) is 5.02. The molecular formula is C14H17N3O3S. The van der Waals surface area contributed by atoms with Gasteiger partial charge < -0.3 is 9.64 Å². The molecule has 0 aliphatic carbocycles. The van der Waals surface area contributed by atoms with Crippen molar-refractivity contribution in [3.05, 3.63) is 41.7 Å². The largest absolute Gasteiger partial charge is 0.497 e. The van der Waals surface area contributed by atoms with Crippen LogP contribution in [0, 0.1) is 0 Å². The summed E-state index contributed by atoms with van der Waals surface area (Å²) in [5.41, 5.74) is 1.82. The van der Waals surface area contributed by atoms with E-state index in [9.17, 15) is 8.42 Å². The third-order valence-corrected chi connectivity index (χ3v) is 5.06. The van der Waals surface area contributed by atoms with Crippen molar-refractivity contribution in [3.8, 4) is 5.75 Å². The molecule has 0 saturated carbocycles. The molecule has 0 spiro atoms. The molecule has 0 N–H and O–H groups in total. The average Bonchev–Trinajstić information content (AvgIpc) is 2.47. The molecule has 21 heavy (non-hydrogen) atoms. The molecule has 1 aromatic rings. The van der Waals surface area contributed by atoms with Gasteiger partial charge in [-0.3, -0.25) is 4.99 Å². The Morgan fingerprint density at radius 3 is 2.76 bits per heavy atom. The van der Waals surface area contributed by atoms with Crippen molar-refractivity contribution < 1.29 is 13.2 Å². The van der Waals surface area contributed by atoms with E-state index >= 15 is 0 Å².